The van der Waals surface area contributed by atoms with Crippen LogP contribution in [0.25, 0.3) is 45.4 Å². The van der Waals surface area contributed by atoms with E-state index in [1.807, 2.05) is 107 Å². The van der Waals surface area contributed by atoms with E-state index >= 15 is 0 Å². The number of benzene rings is 2. The number of rotatable bonds is 3. The van der Waals surface area contributed by atoms with Gasteiger partial charge < -0.3 is 8.83 Å². The SMILES string of the molecule is c1ccc2oc(-[n+]3ccc(-c4cc[n+](-c5nc6ccccc6o5)cc4)cc3)nc2c1. The molecule has 0 amide bonds. The van der Waals surface area contributed by atoms with Gasteiger partial charge in [0.15, 0.2) is 11.2 Å². The molecule has 0 aliphatic heterocycles. The zero-order chi connectivity index (χ0) is 19.9. The second kappa shape index (κ2) is 6.63. The lowest BCUT2D eigenvalue weighted by Gasteiger charge is -2.01. The molecule has 6 heteroatoms. The van der Waals surface area contributed by atoms with Crippen molar-refractivity contribution < 1.29 is 18.0 Å². The largest absolute Gasteiger partial charge is 0.509 e. The molecule has 0 aliphatic rings. The summed E-state index contributed by atoms with van der Waals surface area (Å²) in [6, 6.07) is 24.7. The lowest BCUT2D eigenvalue weighted by molar-refractivity contribution is -0.613. The summed E-state index contributed by atoms with van der Waals surface area (Å²) in [6.07, 6.45) is 7.79. The van der Waals surface area contributed by atoms with Crippen LogP contribution in [0.3, 0.4) is 0 Å². The van der Waals surface area contributed by atoms with Gasteiger partial charge in [-0.15, -0.1) is 0 Å². The highest BCUT2D eigenvalue weighted by atomic mass is 16.4. The van der Waals surface area contributed by atoms with Crippen molar-refractivity contribution >= 4 is 22.2 Å². The number of fused-ring (bicyclic) bond motifs is 2. The van der Waals surface area contributed by atoms with E-state index in [9.17, 15) is 0 Å². The van der Waals surface area contributed by atoms with E-state index in [1.165, 1.54) is 0 Å². The fraction of sp³-hybridized carbons (Fsp3) is 0. The van der Waals surface area contributed by atoms with Crippen LogP contribution in [-0.2, 0) is 0 Å². The summed E-state index contributed by atoms with van der Waals surface area (Å²) in [5.41, 5.74) is 5.41. The quantitative estimate of drug-likeness (QED) is 0.424. The lowest BCUT2D eigenvalue weighted by atomic mass is 10.1. The Morgan fingerprint density at radius 3 is 1.30 bits per heavy atom. The number of oxazole rings is 2. The van der Waals surface area contributed by atoms with Crippen LogP contribution in [0.15, 0.2) is 106 Å². The second-order valence-electron chi connectivity index (χ2n) is 6.92. The maximum absolute atomic E-state index is 5.82. The summed E-state index contributed by atoms with van der Waals surface area (Å²) >= 11 is 0. The molecule has 0 unspecified atom stereocenters. The molecule has 0 spiro atoms. The Labute approximate surface area is 171 Å². The number of hydrogen-bond acceptors (Lipinski definition) is 4. The molecule has 0 saturated heterocycles. The fourth-order valence-corrected chi connectivity index (χ4v) is 3.43. The summed E-state index contributed by atoms with van der Waals surface area (Å²) in [4.78, 5) is 9.05. The van der Waals surface area contributed by atoms with Gasteiger partial charge in [0.2, 0.25) is 11.0 Å². The van der Waals surface area contributed by atoms with Gasteiger partial charge in [-0.3, -0.25) is 0 Å². The van der Waals surface area contributed by atoms with E-state index in [2.05, 4.69) is 9.97 Å². The first-order valence-electron chi connectivity index (χ1n) is 9.58. The van der Waals surface area contributed by atoms with Gasteiger partial charge in [0.1, 0.15) is 24.8 Å². The number of aromatic nitrogens is 4. The standard InChI is InChI=1S/C24H16N4O2/c1-3-7-21-19(5-1)25-23(29-21)27-13-9-17(10-14-27)18-11-15-28(16-12-18)24-26-20-6-2-4-8-22(20)30-24/h1-16H/q+2. The molecule has 0 radical (unpaired) electrons. The number of pyridine rings is 2. The average Bonchev–Trinajstić information content (AvgIpc) is 3.44. The van der Waals surface area contributed by atoms with Gasteiger partial charge in [-0.25, -0.2) is 0 Å². The molecular formula is C24H16N4O2+2. The monoisotopic (exact) mass is 392 g/mol. The maximum atomic E-state index is 5.82. The second-order valence-corrected chi connectivity index (χ2v) is 6.92. The van der Waals surface area contributed by atoms with Gasteiger partial charge in [0.25, 0.3) is 0 Å². The van der Waals surface area contributed by atoms with Gasteiger partial charge in [-0.2, -0.15) is 9.13 Å². The first-order valence-corrected chi connectivity index (χ1v) is 9.58. The molecule has 142 valence electrons. The fourth-order valence-electron chi connectivity index (χ4n) is 3.43. The Morgan fingerprint density at radius 1 is 0.500 bits per heavy atom. The maximum Gasteiger partial charge on any atom is 0.509 e. The molecule has 0 atom stereocenters. The minimum Gasteiger partial charge on any atom is -0.384 e. The Morgan fingerprint density at radius 2 is 0.900 bits per heavy atom. The molecule has 0 aliphatic carbocycles. The van der Waals surface area contributed by atoms with E-state index in [4.69, 9.17) is 8.83 Å². The highest BCUT2D eigenvalue weighted by molar-refractivity contribution is 5.73. The van der Waals surface area contributed by atoms with Crippen molar-refractivity contribution in [2.75, 3.05) is 0 Å². The zero-order valence-corrected chi connectivity index (χ0v) is 15.8. The highest BCUT2D eigenvalue weighted by Crippen LogP contribution is 2.19. The van der Waals surface area contributed by atoms with Crippen molar-refractivity contribution in [3.63, 3.8) is 0 Å². The third kappa shape index (κ3) is 2.82. The van der Waals surface area contributed by atoms with Crippen LogP contribution in [0.5, 0.6) is 0 Å². The predicted octanol–water partition coefficient (Wildman–Crippen LogP) is 4.19. The molecule has 4 aromatic heterocycles. The number of para-hydroxylation sites is 4. The molecular weight excluding hydrogens is 376 g/mol. The molecule has 2 aromatic carbocycles. The van der Waals surface area contributed by atoms with Gasteiger partial charge >= 0.3 is 12.0 Å². The van der Waals surface area contributed by atoms with Crippen molar-refractivity contribution in [3.05, 3.63) is 97.6 Å². The smallest absolute Gasteiger partial charge is 0.384 e. The van der Waals surface area contributed by atoms with E-state index in [1.54, 1.807) is 0 Å². The van der Waals surface area contributed by atoms with E-state index in [0.29, 0.717) is 12.0 Å². The van der Waals surface area contributed by atoms with Crippen LogP contribution in [0.2, 0.25) is 0 Å². The van der Waals surface area contributed by atoms with Gasteiger partial charge in [0.05, 0.1) is 0 Å². The minimum absolute atomic E-state index is 0.546. The Balaban J connectivity index is 1.28. The Bertz CT molecular complexity index is 1300. The summed E-state index contributed by atoms with van der Waals surface area (Å²) in [7, 11) is 0. The molecule has 6 aromatic rings. The van der Waals surface area contributed by atoms with E-state index in [-0.39, 0.29) is 0 Å². The highest BCUT2D eigenvalue weighted by Gasteiger charge is 2.18. The molecule has 0 N–H and O–H groups in total. The van der Waals surface area contributed by atoms with Crippen LogP contribution < -0.4 is 9.13 Å². The Kier molecular flexibility index (Phi) is 3.67. The summed E-state index contributed by atoms with van der Waals surface area (Å²) in [5.74, 6) is 0. The van der Waals surface area contributed by atoms with Gasteiger partial charge in [-0.1, -0.05) is 24.3 Å². The van der Waals surface area contributed by atoms with Crippen LogP contribution in [0, 0.1) is 0 Å². The molecule has 30 heavy (non-hydrogen) atoms. The molecule has 4 heterocycles. The number of nitrogens with zero attached hydrogens (tertiary/aromatic N) is 4. The van der Waals surface area contributed by atoms with Crippen LogP contribution in [-0.4, -0.2) is 9.97 Å². The summed E-state index contributed by atoms with van der Waals surface area (Å²) in [6.45, 7) is 0. The van der Waals surface area contributed by atoms with Crippen LogP contribution in [0.4, 0.5) is 0 Å². The molecule has 0 fully saturated rings. The topological polar surface area (TPSA) is 59.8 Å². The van der Waals surface area contributed by atoms with Crippen molar-refractivity contribution in [2.24, 2.45) is 0 Å². The van der Waals surface area contributed by atoms with Crippen molar-refractivity contribution in [3.8, 4) is 23.2 Å². The van der Waals surface area contributed by atoms with Gasteiger partial charge in [-0.05, 0) is 59.7 Å². The molecule has 6 rings (SSSR count). The normalized spacial score (nSPS) is 11.3. The molecule has 6 nitrogen and oxygen atoms in total. The third-order valence-corrected chi connectivity index (χ3v) is 5.00. The van der Waals surface area contributed by atoms with Crippen LogP contribution >= 0.6 is 0 Å². The average molecular weight is 392 g/mol. The number of hydrogen-bond donors (Lipinski definition) is 0. The Hall–Kier alpha value is -4.32. The first kappa shape index (κ1) is 16.6. The minimum atomic E-state index is 0.546. The van der Waals surface area contributed by atoms with Crippen molar-refractivity contribution in [2.45, 2.75) is 0 Å². The predicted molar refractivity (Wildman–Crippen MR) is 110 cm³/mol. The van der Waals surface area contributed by atoms with Crippen LogP contribution in [0.1, 0.15) is 0 Å². The molecule has 0 bridgehead atoms. The molecule has 0 saturated carbocycles. The summed E-state index contributed by atoms with van der Waals surface area (Å²) < 4.78 is 15.4. The zero-order valence-electron chi connectivity index (χ0n) is 15.8. The first-order chi connectivity index (χ1) is 14.8. The third-order valence-electron chi connectivity index (χ3n) is 5.00. The van der Waals surface area contributed by atoms with Crippen molar-refractivity contribution in [1.82, 2.24) is 9.97 Å². The van der Waals surface area contributed by atoms with E-state index < -0.39 is 0 Å². The van der Waals surface area contributed by atoms with E-state index in [0.717, 1.165) is 33.3 Å². The lowest BCUT2D eigenvalue weighted by Crippen LogP contribution is -2.30. The summed E-state index contributed by atoms with van der Waals surface area (Å²) in [5, 5.41) is 0. The van der Waals surface area contributed by atoms with Gasteiger partial charge in [0, 0.05) is 9.97 Å². The van der Waals surface area contributed by atoms with Crippen molar-refractivity contribution in [1.29, 1.82) is 0 Å².